The van der Waals surface area contributed by atoms with Gasteiger partial charge in [-0.3, -0.25) is 4.98 Å². The Hall–Kier alpha value is -5.01. The SMILES string of the molecule is CC(C)(C)CNc1c(C#N)cnc2c(C#N)cc(NC(c3cccc(C#N)c3)c3cn(C4(CF)CC4)nn3)cc12. The Morgan fingerprint density at radius 3 is 2.50 bits per heavy atom. The van der Waals surface area contributed by atoms with Crippen molar-refractivity contribution >= 4 is 22.3 Å². The summed E-state index contributed by atoms with van der Waals surface area (Å²) < 4.78 is 15.3. The second kappa shape index (κ2) is 10.3. The molecule has 0 saturated heterocycles. The summed E-state index contributed by atoms with van der Waals surface area (Å²) in [5.41, 5.74) is 3.47. The number of halogens is 1. The summed E-state index contributed by atoms with van der Waals surface area (Å²) in [6.07, 6.45) is 4.61. The van der Waals surface area contributed by atoms with Crippen LogP contribution in [0.5, 0.6) is 0 Å². The maximum Gasteiger partial charge on any atom is 0.115 e. The van der Waals surface area contributed by atoms with Crippen molar-refractivity contribution in [3.63, 3.8) is 0 Å². The normalized spacial score (nSPS) is 14.5. The first-order valence-corrected chi connectivity index (χ1v) is 13.0. The average Bonchev–Trinajstić information content (AvgIpc) is 3.61. The Kier molecular flexibility index (Phi) is 6.83. The highest BCUT2D eigenvalue weighted by Gasteiger charge is 2.46. The Labute approximate surface area is 231 Å². The predicted octanol–water partition coefficient (Wildman–Crippen LogP) is 5.56. The molecule has 1 aliphatic carbocycles. The van der Waals surface area contributed by atoms with Gasteiger partial charge >= 0.3 is 0 Å². The Bertz CT molecular complexity index is 1710. The van der Waals surface area contributed by atoms with Crippen molar-refractivity contribution in [3.05, 3.63) is 76.7 Å². The summed E-state index contributed by atoms with van der Waals surface area (Å²) in [6, 6.07) is 16.7. The van der Waals surface area contributed by atoms with Crippen LogP contribution < -0.4 is 10.6 Å². The average molecular weight is 534 g/mol. The molecule has 9 nitrogen and oxygen atoms in total. The quantitative estimate of drug-likeness (QED) is 0.300. The van der Waals surface area contributed by atoms with Crippen LogP contribution in [0.25, 0.3) is 10.9 Å². The number of hydrogen-bond donors (Lipinski definition) is 2. The van der Waals surface area contributed by atoms with E-state index in [2.05, 4.69) is 64.9 Å². The third kappa shape index (κ3) is 5.15. The second-order valence-electron chi connectivity index (χ2n) is 11.4. The molecule has 40 heavy (non-hydrogen) atoms. The van der Waals surface area contributed by atoms with E-state index in [9.17, 15) is 20.2 Å². The molecule has 0 amide bonds. The summed E-state index contributed by atoms with van der Waals surface area (Å²) in [6.45, 7) is 6.34. The molecule has 200 valence electrons. The van der Waals surface area contributed by atoms with Gasteiger partial charge in [-0.1, -0.05) is 38.1 Å². The molecule has 10 heteroatoms. The van der Waals surface area contributed by atoms with E-state index >= 15 is 0 Å². The fraction of sp³-hybridized carbons (Fsp3) is 0.333. The van der Waals surface area contributed by atoms with Crippen LogP contribution in [0.3, 0.4) is 0 Å². The van der Waals surface area contributed by atoms with Gasteiger partial charge in [0.05, 0.1) is 51.7 Å². The van der Waals surface area contributed by atoms with Crippen LogP contribution in [0.1, 0.15) is 67.6 Å². The molecule has 0 bridgehead atoms. The van der Waals surface area contributed by atoms with Crippen molar-refractivity contribution in [1.29, 1.82) is 15.8 Å². The van der Waals surface area contributed by atoms with Gasteiger partial charge in [-0.05, 0) is 48.1 Å². The molecule has 2 aromatic carbocycles. The summed E-state index contributed by atoms with van der Waals surface area (Å²) >= 11 is 0. The topological polar surface area (TPSA) is 139 Å². The number of nitrogens with one attached hydrogen (secondary N) is 2. The fourth-order valence-corrected chi connectivity index (χ4v) is 4.59. The van der Waals surface area contributed by atoms with E-state index in [4.69, 9.17) is 0 Å². The summed E-state index contributed by atoms with van der Waals surface area (Å²) in [5, 5.41) is 45.4. The zero-order chi connectivity index (χ0) is 28.5. The smallest absolute Gasteiger partial charge is 0.115 e. The maximum atomic E-state index is 13.8. The minimum Gasteiger partial charge on any atom is -0.383 e. The van der Waals surface area contributed by atoms with Crippen LogP contribution in [0.2, 0.25) is 0 Å². The lowest BCUT2D eigenvalue weighted by Crippen LogP contribution is -2.20. The third-order valence-corrected chi connectivity index (χ3v) is 7.04. The number of nitrogens with zero attached hydrogens (tertiary/aromatic N) is 7. The Morgan fingerprint density at radius 2 is 1.85 bits per heavy atom. The van der Waals surface area contributed by atoms with Gasteiger partial charge in [0, 0.05) is 23.8 Å². The molecule has 1 atom stereocenters. The van der Waals surface area contributed by atoms with Gasteiger partial charge in [-0.15, -0.1) is 5.10 Å². The van der Waals surface area contributed by atoms with E-state index in [0.29, 0.717) is 64.0 Å². The van der Waals surface area contributed by atoms with Gasteiger partial charge < -0.3 is 10.6 Å². The molecule has 2 heterocycles. The van der Waals surface area contributed by atoms with Crippen LogP contribution in [-0.2, 0) is 5.54 Å². The van der Waals surface area contributed by atoms with E-state index in [1.165, 1.54) is 6.20 Å². The number of pyridine rings is 1. The van der Waals surface area contributed by atoms with E-state index < -0.39 is 18.3 Å². The second-order valence-corrected chi connectivity index (χ2v) is 11.4. The zero-order valence-electron chi connectivity index (χ0n) is 22.5. The number of hydrogen-bond acceptors (Lipinski definition) is 8. The number of rotatable bonds is 8. The van der Waals surface area contributed by atoms with Gasteiger partial charge in [0.25, 0.3) is 0 Å². The maximum absolute atomic E-state index is 13.8. The van der Waals surface area contributed by atoms with Gasteiger partial charge in [0.1, 0.15) is 24.5 Å². The minimum absolute atomic E-state index is 0.0581. The predicted molar refractivity (Wildman–Crippen MR) is 149 cm³/mol. The van der Waals surface area contributed by atoms with Crippen LogP contribution >= 0.6 is 0 Å². The first-order chi connectivity index (χ1) is 19.2. The largest absolute Gasteiger partial charge is 0.383 e. The van der Waals surface area contributed by atoms with Crippen molar-refractivity contribution in [2.24, 2.45) is 5.41 Å². The number of nitriles is 3. The van der Waals surface area contributed by atoms with E-state index in [0.717, 1.165) is 5.56 Å². The monoisotopic (exact) mass is 533 g/mol. The number of aromatic nitrogens is 4. The minimum atomic E-state index is -0.645. The first-order valence-electron chi connectivity index (χ1n) is 13.0. The number of anilines is 2. The molecule has 1 unspecified atom stereocenters. The molecular weight excluding hydrogens is 505 g/mol. The molecular formula is C30H28FN9. The standard InChI is InChI=1S/C30H28FN9/c1-29(2,3)18-36-27-22(14-34)15-35-26-21(13-33)10-23(11-24(26)27)37-28(20-6-4-5-19(9-20)12-32)25-16-40(39-38-25)30(17-31)7-8-30/h4-6,9-11,15-16,28,37H,7-8,17-18H2,1-3H3,(H,35,36). The van der Waals surface area contributed by atoms with Crippen LogP contribution in [0, 0.1) is 39.4 Å². The molecule has 4 aromatic rings. The highest BCUT2D eigenvalue weighted by Crippen LogP contribution is 2.43. The Morgan fingerprint density at radius 1 is 1.07 bits per heavy atom. The van der Waals surface area contributed by atoms with Gasteiger partial charge in [-0.2, -0.15) is 15.8 Å². The van der Waals surface area contributed by atoms with Gasteiger partial charge in [0.2, 0.25) is 0 Å². The molecule has 0 spiro atoms. The molecule has 2 N–H and O–H groups in total. The van der Waals surface area contributed by atoms with Crippen molar-refractivity contribution in [2.45, 2.75) is 45.2 Å². The van der Waals surface area contributed by atoms with E-state index in [1.807, 2.05) is 12.1 Å². The Balaban J connectivity index is 1.63. The van der Waals surface area contributed by atoms with E-state index in [1.54, 1.807) is 35.1 Å². The molecule has 2 aromatic heterocycles. The molecule has 1 saturated carbocycles. The van der Waals surface area contributed by atoms with Gasteiger partial charge in [-0.25, -0.2) is 9.07 Å². The van der Waals surface area contributed by atoms with Crippen molar-refractivity contribution in [3.8, 4) is 18.2 Å². The molecule has 1 fully saturated rings. The third-order valence-electron chi connectivity index (χ3n) is 7.04. The zero-order valence-corrected chi connectivity index (χ0v) is 22.5. The van der Waals surface area contributed by atoms with Crippen LogP contribution in [-0.4, -0.2) is 33.2 Å². The number of benzene rings is 2. The molecule has 0 aliphatic heterocycles. The van der Waals surface area contributed by atoms with Crippen molar-refractivity contribution < 1.29 is 4.39 Å². The van der Waals surface area contributed by atoms with Crippen LogP contribution in [0.4, 0.5) is 15.8 Å². The highest BCUT2D eigenvalue weighted by molar-refractivity contribution is 5.99. The lowest BCUT2D eigenvalue weighted by atomic mass is 9.96. The van der Waals surface area contributed by atoms with Crippen LogP contribution in [0.15, 0.2) is 48.8 Å². The number of alkyl halides is 1. The fourth-order valence-electron chi connectivity index (χ4n) is 4.59. The van der Waals surface area contributed by atoms with Gasteiger partial charge in [0.15, 0.2) is 0 Å². The highest BCUT2D eigenvalue weighted by atomic mass is 19.1. The number of fused-ring (bicyclic) bond motifs is 1. The molecule has 0 radical (unpaired) electrons. The van der Waals surface area contributed by atoms with Crippen molar-refractivity contribution in [2.75, 3.05) is 23.9 Å². The van der Waals surface area contributed by atoms with Crippen molar-refractivity contribution in [1.82, 2.24) is 20.0 Å². The lowest BCUT2D eigenvalue weighted by Gasteiger charge is -2.22. The lowest BCUT2D eigenvalue weighted by molar-refractivity contribution is 0.309. The molecule has 5 rings (SSSR count). The summed E-state index contributed by atoms with van der Waals surface area (Å²) in [4.78, 5) is 4.42. The first kappa shape index (κ1) is 26.6. The van der Waals surface area contributed by atoms with E-state index in [-0.39, 0.29) is 5.41 Å². The summed E-state index contributed by atoms with van der Waals surface area (Å²) in [7, 11) is 0. The summed E-state index contributed by atoms with van der Waals surface area (Å²) in [5.74, 6) is 0. The molecule has 1 aliphatic rings.